The average molecular weight is 552 g/mol. The predicted octanol–water partition coefficient (Wildman–Crippen LogP) is 4.87. The van der Waals surface area contributed by atoms with Crippen molar-refractivity contribution in [3.05, 3.63) is 57.8 Å². The second-order valence-corrected chi connectivity index (χ2v) is 11.7. The molecule has 0 unspecified atom stereocenters. The standard InChI is InChI=1S/C28H36F3N3O3S/c1-33(2)26(23-4-3-19-38-23)13-11-22(12-14-26)32-24(35)9-10-25(36)34-17-15-27(37,16-18-34)20-5-7-21(8-6-20)28(29,30)31/h3-8,19,22,37H,9-18H2,1-2H3,(H,32,35). The van der Waals surface area contributed by atoms with Crippen LogP contribution in [0.25, 0.3) is 0 Å². The van der Waals surface area contributed by atoms with Crippen LogP contribution in [0.1, 0.15) is 67.4 Å². The fourth-order valence-electron chi connectivity index (χ4n) is 5.76. The van der Waals surface area contributed by atoms with Crippen molar-refractivity contribution in [3.63, 3.8) is 0 Å². The summed E-state index contributed by atoms with van der Waals surface area (Å²) in [7, 11) is 4.21. The second-order valence-electron chi connectivity index (χ2n) is 10.7. The zero-order valence-electron chi connectivity index (χ0n) is 21.9. The molecule has 1 aliphatic carbocycles. The molecule has 1 aromatic heterocycles. The maximum absolute atomic E-state index is 12.8. The first-order valence-corrected chi connectivity index (χ1v) is 14.0. The number of nitrogens with zero attached hydrogens (tertiary/aromatic N) is 2. The Morgan fingerprint density at radius 2 is 1.68 bits per heavy atom. The van der Waals surface area contributed by atoms with E-state index in [9.17, 15) is 27.9 Å². The van der Waals surface area contributed by atoms with E-state index >= 15 is 0 Å². The SMILES string of the molecule is CN(C)C1(c2cccs2)CCC(NC(=O)CCC(=O)N2CCC(O)(c3ccc(C(F)(F)F)cc3)CC2)CC1. The third-order valence-corrected chi connectivity index (χ3v) is 9.34. The van der Waals surface area contributed by atoms with Crippen molar-refractivity contribution in [2.24, 2.45) is 0 Å². The Balaban J connectivity index is 1.21. The number of carbonyl (C=O) groups excluding carboxylic acids is 2. The molecule has 0 atom stereocenters. The summed E-state index contributed by atoms with van der Waals surface area (Å²) in [6.07, 6.45) is -0.0879. The molecule has 1 aromatic carbocycles. The highest BCUT2D eigenvalue weighted by Gasteiger charge is 2.40. The minimum absolute atomic E-state index is 0.00190. The van der Waals surface area contributed by atoms with E-state index in [-0.39, 0.29) is 62.2 Å². The molecule has 4 rings (SSSR count). The van der Waals surface area contributed by atoms with E-state index in [2.05, 4.69) is 41.8 Å². The van der Waals surface area contributed by atoms with Crippen molar-refractivity contribution in [2.75, 3.05) is 27.2 Å². The molecule has 6 nitrogen and oxygen atoms in total. The van der Waals surface area contributed by atoms with Gasteiger partial charge in [-0.3, -0.25) is 14.5 Å². The molecule has 2 fully saturated rings. The Hall–Kier alpha value is -2.43. The Kier molecular flexibility index (Phi) is 8.54. The number of halogens is 3. The fourth-order valence-corrected chi connectivity index (χ4v) is 6.83. The van der Waals surface area contributed by atoms with Crippen LogP contribution in [0.3, 0.4) is 0 Å². The van der Waals surface area contributed by atoms with Crippen LogP contribution < -0.4 is 5.32 Å². The molecule has 1 aliphatic heterocycles. The Morgan fingerprint density at radius 3 is 2.21 bits per heavy atom. The van der Waals surface area contributed by atoms with Crippen LogP contribution in [0.15, 0.2) is 41.8 Å². The Morgan fingerprint density at radius 1 is 1.05 bits per heavy atom. The lowest BCUT2D eigenvalue weighted by Crippen LogP contribution is -2.48. The van der Waals surface area contributed by atoms with E-state index in [1.165, 1.54) is 17.0 Å². The van der Waals surface area contributed by atoms with E-state index in [0.717, 1.165) is 37.8 Å². The third-order valence-electron chi connectivity index (χ3n) is 8.27. The quantitative estimate of drug-likeness (QED) is 0.515. The molecule has 2 aromatic rings. The van der Waals surface area contributed by atoms with Gasteiger partial charge in [0, 0.05) is 36.9 Å². The lowest BCUT2D eigenvalue weighted by molar-refractivity contribution is -0.138. The van der Waals surface area contributed by atoms with Gasteiger partial charge in [0.25, 0.3) is 0 Å². The highest BCUT2D eigenvalue weighted by Crippen LogP contribution is 2.43. The van der Waals surface area contributed by atoms with Gasteiger partial charge in [-0.2, -0.15) is 13.2 Å². The van der Waals surface area contributed by atoms with Crippen LogP contribution in [0.5, 0.6) is 0 Å². The zero-order valence-corrected chi connectivity index (χ0v) is 22.7. The Labute approximate surface area is 225 Å². The lowest BCUT2D eigenvalue weighted by atomic mass is 9.77. The number of piperidine rings is 1. The van der Waals surface area contributed by atoms with Gasteiger partial charge >= 0.3 is 6.18 Å². The molecular formula is C28H36F3N3O3S. The predicted molar refractivity (Wildman–Crippen MR) is 140 cm³/mol. The van der Waals surface area contributed by atoms with Crippen molar-refractivity contribution in [1.82, 2.24) is 15.1 Å². The molecule has 2 N–H and O–H groups in total. The number of hydrogen-bond acceptors (Lipinski definition) is 5. The number of alkyl halides is 3. The molecule has 208 valence electrons. The van der Waals surface area contributed by atoms with Gasteiger partial charge in [-0.05, 0) is 81.8 Å². The molecule has 0 spiro atoms. The van der Waals surface area contributed by atoms with Gasteiger partial charge < -0.3 is 15.3 Å². The number of aliphatic hydroxyl groups is 1. The van der Waals surface area contributed by atoms with Gasteiger partial charge in [-0.1, -0.05) is 18.2 Å². The van der Waals surface area contributed by atoms with Crippen LogP contribution >= 0.6 is 11.3 Å². The first kappa shape index (κ1) is 28.6. The van der Waals surface area contributed by atoms with Gasteiger partial charge in [-0.15, -0.1) is 11.3 Å². The maximum Gasteiger partial charge on any atom is 0.416 e. The molecule has 10 heteroatoms. The first-order chi connectivity index (χ1) is 17.9. The minimum atomic E-state index is -4.43. The lowest BCUT2D eigenvalue weighted by Gasteiger charge is -2.44. The van der Waals surface area contributed by atoms with E-state index in [1.807, 2.05) is 0 Å². The van der Waals surface area contributed by atoms with E-state index < -0.39 is 17.3 Å². The van der Waals surface area contributed by atoms with E-state index in [0.29, 0.717) is 5.56 Å². The number of carbonyl (C=O) groups is 2. The largest absolute Gasteiger partial charge is 0.416 e. The van der Waals surface area contributed by atoms with Gasteiger partial charge in [0.05, 0.1) is 16.7 Å². The van der Waals surface area contributed by atoms with Crippen LogP contribution in [0, 0.1) is 0 Å². The van der Waals surface area contributed by atoms with Gasteiger partial charge in [0.2, 0.25) is 11.8 Å². The number of nitrogens with one attached hydrogen (secondary N) is 1. The number of amides is 2. The Bertz CT molecular complexity index is 1090. The molecule has 2 aliphatic rings. The normalized spacial score (nSPS) is 23.9. The van der Waals surface area contributed by atoms with Gasteiger partial charge in [-0.25, -0.2) is 0 Å². The first-order valence-electron chi connectivity index (χ1n) is 13.1. The van der Waals surface area contributed by atoms with E-state index in [4.69, 9.17) is 0 Å². The smallest absolute Gasteiger partial charge is 0.385 e. The topological polar surface area (TPSA) is 72.9 Å². The summed E-state index contributed by atoms with van der Waals surface area (Å²) in [5, 5.41) is 16.2. The number of thiophene rings is 1. The van der Waals surface area contributed by atoms with Crippen molar-refractivity contribution in [3.8, 4) is 0 Å². The van der Waals surface area contributed by atoms with Crippen molar-refractivity contribution in [1.29, 1.82) is 0 Å². The minimum Gasteiger partial charge on any atom is -0.385 e. The summed E-state index contributed by atoms with van der Waals surface area (Å²) in [5.41, 5.74) is -1.61. The summed E-state index contributed by atoms with van der Waals surface area (Å²) < 4.78 is 38.5. The molecular weight excluding hydrogens is 515 g/mol. The van der Waals surface area contributed by atoms with Crippen molar-refractivity contribution in [2.45, 2.75) is 74.7 Å². The van der Waals surface area contributed by atoms with Crippen LogP contribution in [0.4, 0.5) is 13.2 Å². The summed E-state index contributed by atoms with van der Waals surface area (Å²) in [6.45, 7) is 0.575. The summed E-state index contributed by atoms with van der Waals surface area (Å²) >= 11 is 1.77. The monoisotopic (exact) mass is 551 g/mol. The van der Waals surface area contributed by atoms with E-state index in [1.54, 1.807) is 16.2 Å². The van der Waals surface area contributed by atoms with Crippen molar-refractivity contribution >= 4 is 23.2 Å². The fraction of sp³-hybridized carbons (Fsp3) is 0.571. The zero-order chi connectivity index (χ0) is 27.6. The number of benzene rings is 1. The molecule has 0 bridgehead atoms. The molecule has 2 heterocycles. The molecule has 2 amide bonds. The summed E-state index contributed by atoms with van der Waals surface area (Å²) in [4.78, 5) is 30.6. The second kappa shape index (κ2) is 11.4. The molecule has 1 saturated heterocycles. The highest BCUT2D eigenvalue weighted by molar-refractivity contribution is 7.10. The number of likely N-dealkylation sites (tertiary alicyclic amines) is 1. The third kappa shape index (κ3) is 6.24. The van der Waals surface area contributed by atoms with Crippen molar-refractivity contribution < 1.29 is 27.9 Å². The maximum atomic E-state index is 12.8. The van der Waals surface area contributed by atoms with Crippen LogP contribution in [-0.4, -0.2) is 59.9 Å². The number of hydrogen-bond donors (Lipinski definition) is 2. The number of rotatable bonds is 7. The van der Waals surface area contributed by atoms with Gasteiger partial charge in [0.1, 0.15) is 0 Å². The molecule has 38 heavy (non-hydrogen) atoms. The van der Waals surface area contributed by atoms with Crippen LogP contribution in [-0.2, 0) is 26.9 Å². The van der Waals surface area contributed by atoms with Crippen LogP contribution in [0.2, 0.25) is 0 Å². The summed E-state index contributed by atoms with van der Waals surface area (Å²) in [5.74, 6) is -0.280. The average Bonchev–Trinajstić information content (AvgIpc) is 3.43. The molecule has 0 radical (unpaired) electrons. The molecule has 1 saturated carbocycles. The summed E-state index contributed by atoms with van der Waals surface area (Å²) in [6, 6.07) is 8.90. The highest BCUT2D eigenvalue weighted by atomic mass is 32.1. The van der Waals surface area contributed by atoms with Gasteiger partial charge in [0.15, 0.2) is 0 Å².